The number of halogens is 2. The summed E-state index contributed by atoms with van der Waals surface area (Å²) in [7, 11) is 0. The molecule has 0 aromatic carbocycles. The number of amides is 1. The van der Waals surface area contributed by atoms with Crippen LogP contribution in [0.25, 0.3) is 0 Å². The summed E-state index contributed by atoms with van der Waals surface area (Å²) < 4.78 is 57.7. The third-order valence-electron chi connectivity index (χ3n) is 9.56. The Bertz CT molecular complexity index is 883. The molecule has 2 heterocycles. The van der Waals surface area contributed by atoms with Crippen molar-refractivity contribution in [2.75, 3.05) is 0 Å². The number of aliphatic hydroxyl groups excluding tert-OH is 4. The fourth-order valence-electron chi connectivity index (χ4n) is 6.88. The van der Waals surface area contributed by atoms with Crippen molar-refractivity contribution in [2.24, 2.45) is 11.8 Å². The Balaban J connectivity index is 1.64. The lowest BCUT2D eigenvalue weighted by Crippen LogP contribution is -2.66. The van der Waals surface area contributed by atoms with E-state index in [9.17, 15) is 34.0 Å². The van der Waals surface area contributed by atoms with E-state index in [0.717, 1.165) is 32.1 Å². The van der Waals surface area contributed by atoms with Crippen LogP contribution >= 0.6 is 0 Å². The van der Waals surface area contributed by atoms with Gasteiger partial charge in [0.25, 0.3) is 6.43 Å². The Labute approximate surface area is 266 Å². The van der Waals surface area contributed by atoms with Crippen LogP contribution in [0.15, 0.2) is 0 Å². The third-order valence-corrected chi connectivity index (χ3v) is 9.56. The number of rotatable bonds is 15. The van der Waals surface area contributed by atoms with Gasteiger partial charge in [0.15, 0.2) is 12.6 Å². The van der Waals surface area contributed by atoms with Crippen LogP contribution in [0.3, 0.4) is 0 Å². The fourth-order valence-corrected chi connectivity index (χ4v) is 6.88. The van der Waals surface area contributed by atoms with Gasteiger partial charge in [0.2, 0.25) is 5.91 Å². The van der Waals surface area contributed by atoms with Gasteiger partial charge in [-0.1, -0.05) is 46.0 Å². The van der Waals surface area contributed by atoms with Crippen LogP contribution in [-0.4, -0.2) is 112 Å². The molecule has 14 unspecified atom stereocenters. The Kier molecular flexibility index (Phi) is 15.3. The molecular formula is C32H57F2NO10. The zero-order valence-corrected chi connectivity index (χ0v) is 27.6. The van der Waals surface area contributed by atoms with E-state index in [4.69, 9.17) is 23.7 Å². The molecular weight excluding hydrogens is 596 g/mol. The largest absolute Gasteiger partial charge is 0.388 e. The summed E-state index contributed by atoms with van der Waals surface area (Å²) in [6, 6.07) is -1.01. The van der Waals surface area contributed by atoms with E-state index in [1.165, 1.54) is 13.3 Å². The second-order valence-corrected chi connectivity index (χ2v) is 13.4. The summed E-state index contributed by atoms with van der Waals surface area (Å²) in [5.74, 6) is -0.0209. The molecule has 3 rings (SSSR count). The summed E-state index contributed by atoms with van der Waals surface area (Å²) >= 11 is 0. The highest BCUT2D eigenvalue weighted by Crippen LogP contribution is 2.33. The second kappa shape index (κ2) is 17.9. The van der Waals surface area contributed by atoms with E-state index in [2.05, 4.69) is 5.32 Å². The van der Waals surface area contributed by atoms with Gasteiger partial charge in [-0.2, -0.15) is 0 Å². The van der Waals surface area contributed by atoms with Crippen molar-refractivity contribution in [3.05, 3.63) is 0 Å². The molecule has 3 fully saturated rings. The smallest absolute Gasteiger partial charge is 0.267 e. The van der Waals surface area contributed by atoms with E-state index in [0.29, 0.717) is 25.2 Å². The van der Waals surface area contributed by atoms with Crippen LogP contribution in [0.2, 0.25) is 0 Å². The third kappa shape index (κ3) is 10.7. The molecule has 13 heteroatoms. The van der Waals surface area contributed by atoms with E-state index < -0.39 is 79.8 Å². The molecule has 14 atom stereocenters. The minimum atomic E-state index is -3.00. The first-order valence-corrected chi connectivity index (χ1v) is 16.8. The number of nitrogens with one attached hydrogen (secondary N) is 1. The first-order valence-electron chi connectivity index (χ1n) is 16.8. The van der Waals surface area contributed by atoms with Gasteiger partial charge in [-0.25, -0.2) is 8.78 Å². The number of carbonyl (C=O) groups excluding carboxylic acids is 1. The Morgan fingerprint density at radius 2 is 1.53 bits per heavy atom. The van der Waals surface area contributed by atoms with Crippen molar-refractivity contribution >= 4 is 5.91 Å². The minimum Gasteiger partial charge on any atom is -0.388 e. The zero-order chi connectivity index (χ0) is 33.4. The molecule has 45 heavy (non-hydrogen) atoms. The number of aliphatic hydroxyl groups is 4. The Morgan fingerprint density at radius 1 is 0.867 bits per heavy atom. The molecule has 11 nitrogen and oxygen atoms in total. The summed E-state index contributed by atoms with van der Waals surface area (Å²) in [6.07, 6.45) is -7.95. The van der Waals surface area contributed by atoms with Gasteiger partial charge in [0.1, 0.15) is 42.7 Å². The van der Waals surface area contributed by atoms with Gasteiger partial charge in [-0.15, -0.1) is 0 Å². The highest BCUT2D eigenvalue weighted by molar-refractivity contribution is 5.73. The first-order chi connectivity index (χ1) is 21.2. The first kappa shape index (κ1) is 38.4. The molecule has 0 spiro atoms. The quantitative estimate of drug-likeness (QED) is 0.178. The Morgan fingerprint density at radius 3 is 2.13 bits per heavy atom. The van der Waals surface area contributed by atoms with Gasteiger partial charge >= 0.3 is 0 Å². The van der Waals surface area contributed by atoms with Crippen molar-refractivity contribution in [3.8, 4) is 0 Å². The molecule has 1 aliphatic carbocycles. The number of alkyl halides is 2. The molecule has 0 bridgehead atoms. The van der Waals surface area contributed by atoms with E-state index in [1.807, 2.05) is 20.8 Å². The topological polar surface area (TPSA) is 156 Å². The van der Waals surface area contributed by atoms with Crippen molar-refractivity contribution in [3.63, 3.8) is 0 Å². The summed E-state index contributed by atoms with van der Waals surface area (Å²) in [4.78, 5) is 12.2. The van der Waals surface area contributed by atoms with Gasteiger partial charge in [-0.3, -0.25) is 4.79 Å². The molecule has 2 saturated heterocycles. The monoisotopic (exact) mass is 653 g/mol. The summed E-state index contributed by atoms with van der Waals surface area (Å²) in [5, 5.41) is 44.2. The molecule has 3 aliphatic rings. The van der Waals surface area contributed by atoms with Crippen LogP contribution < -0.4 is 5.32 Å². The maximum atomic E-state index is 14.1. The standard InChI is InChI=1S/C32H57F2NO10/c1-7-22(44-32-26(39)25(38)24(37)19(5)43-32)16(2)13-14-17(3)42-31-23(35-20(6)36)28(27(40)29(45-31)30(33)34)41-18(4)15-21-11-9-8-10-12-21/h16-19,21-32,37-40H,7-15H2,1-6H3,(H,35,36). The molecule has 5 N–H and O–H groups in total. The predicted octanol–water partition coefficient (Wildman–Crippen LogP) is 3.03. The summed E-state index contributed by atoms with van der Waals surface area (Å²) in [5.41, 5.74) is 0. The van der Waals surface area contributed by atoms with Crippen LogP contribution in [0.4, 0.5) is 8.78 Å². The highest BCUT2D eigenvalue weighted by atomic mass is 19.3. The molecule has 0 aromatic rings. The van der Waals surface area contributed by atoms with Crippen LogP contribution in [0.1, 0.15) is 99.3 Å². The van der Waals surface area contributed by atoms with E-state index >= 15 is 0 Å². The van der Waals surface area contributed by atoms with E-state index in [1.54, 1.807) is 13.8 Å². The average molecular weight is 654 g/mol. The van der Waals surface area contributed by atoms with Gasteiger partial charge in [-0.05, 0) is 58.3 Å². The fraction of sp³-hybridized carbons (Fsp3) is 0.969. The highest BCUT2D eigenvalue weighted by Gasteiger charge is 2.51. The molecule has 2 aliphatic heterocycles. The van der Waals surface area contributed by atoms with Crippen LogP contribution in [0, 0.1) is 11.8 Å². The van der Waals surface area contributed by atoms with Gasteiger partial charge in [0, 0.05) is 6.92 Å². The number of hydrogen-bond acceptors (Lipinski definition) is 10. The van der Waals surface area contributed by atoms with Crippen molar-refractivity contribution in [1.29, 1.82) is 0 Å². The average Bonchev–Trinajstić information content (AvgIpc) is 2.99. The van der Waals surface area contributed by atoms with Crippen LogP contribution in [0.5, 0.6) is 0 Å². The number of ether oxygens (including phenoxy) is 5. The maximum Gasteiger partial charge on any atom is 0.267 e. The summed E-state index contributed by atoms with van der Waals surface area (Å²) in [6.45, 7) is 10.4. The van der Waals surface area contributed by atoms with Crippen molar-refractivity contribution < 1.29 is 57.7 Å². The van der Waals surface area contributed by atoms with Crippen molar-refractivity contribution in [2.45, 2.75) is 185 Å². The zero-order valence-electron chi connectivity index (χ0n) is 27.6. The molecule has 1 amide bonds. The minimum absolute atomic E-state index is 0.0538. The van der Waals surface area contributed by atoms with Crippen molar-refractivity contribution in [1.82, 2.24) is 5.32 Å². The lowest BCUT2D eigenvalue weighted by molar-refractivity contribution is -0.309. The lowest BCUT2D eigenvalue weighted by atomic mass is 9.85. The molecule has 264 valence electrons. The number of carbonyl (C=O) groups is 1. The second-order valence-electron chi connectivity index (χ2n) is 13.4. The number of hydrogen-bond donors (Lipinski definition) is 5. The lowest BCUT2D eigenvalue weighted by Gasteiger charge is -2.46. The van der Waals surface area contributed by atoms with Crippen LogP contribution in [-0.2, 0) is 28.5 Å². The predicted molar refractivity (Wildman–Crippen MR) is 160 cm³/mol. The van der Waals surface area contributed by atoms with E-state index in [-0.39, 0.29) is 18.1 Å². The SMILES string of the molecule is CCC(OC1OC(C)C(O)C(O)C1O)C(C)CCC(C)OC1OC(C(F)F)C(O)C(OC(C)CC2CCCCC2)C1NC(C)=O. The molecule has 1 saturated carbocycles. The molecule has 0 aromatic heterocycles. The van der Waals surface area contributed by atoms with Gasteiger partial charge < -0.3 is 49.4 Å². The molecule has 0 radical (unpaired) electrons. The van der Waals surface area contributed by atoms with Gasteiger partial charge in [0.05, 0.1) is 24.4 Å². The maximum absolute atomic E-state index is 14.1. The Hall–Kier alpha value is -1.03. The normalized spacial score (nSPS) is 37.6.